The van der Waals surface area contributed by atoms with Crippen LogP contribution in [-0.4, -0.2) is 0 Å². The summed E-state index contributed by atoms with van der Waals surface area (Å²) in [6.45, 7) is 4.61. The van der Waals surface area contributed by atoms with Gasteiger partial charge in [0, 0.05) is 0 Å². The van der Waals surface area contributed by atoms with Crippen LogP contribution in [0.25, 0.3) is 0 Å². The molecule has 1 aliphatic rings. The van der Waals surface area contributed by atoms with Gasteiger partial charge in [-0.15, -0.1) is 0 Å². The van der Waals surface area contributed by atoms with E-state index in [2.05, 4.69) is 20.3 Å². The molecule has 0 heterocycles. The molecule has 0 heteroatoms. The molecule has 1 radical (unpaired) electrons. The molecule has 1 rings (SSSR count). The van der Waals surface area contributed by atoms with Crippen LogP contribution in [0.5, 0.6) is 0 Å². The Morgan fingerprint density at radius 3 is 2.29 bits per heavy atom. The van der Waals surface area contributed by atoms with Crippen LogP contribution in [0.1, 0.15) is 26.7 Å². The highest BCUT2D eigenvalue weighted by molar-refractivity contribution is 4.83. The Bertz CT molecular complexity index is 49.1. The fourth-order valence-electron chi connectivity index (χ4n) is 1.29. The summed E-state index contributed by atoms with van der Waals surface area (Å²) in [5, 5.41) is 0. The fraction of sp³-hybridized carbons (Fsp3) is 0.857. The van der Waals surface area contributed by atoms with Crippen molar-refractivity contribution in [1.82, 2.24) is 0 Å². The van der Waals surface area contributed by atoms with Gasteiger partial charge in [0.2, 0.25) is 0 Å². The van der Waals surface area contributed by atoms with Crippen molar-refractivity contribution >= 4 is 0 Å². The number of hydrogen-bond donors (Lipinski definition) is 0. The fourth-order valence-corrected chi connectivity index (χ4v) is 1.29. The zero-order valence-corrected chi connectivity index (χ0v) is 5.15. The average Bonchev–Trinajstić information content (AvgIpc) is 1.87. The van der Waals surface area contributed by atoms with Crippen LogP contribution >= 0.6 is 0 Å². The van der Waals surface area contributed by atoms with Gasteiger partial charge >= 0.3 is 0 Å². The molecule has 0 spiro atoms. The summed E-state index contributed by atoms with van der Waals surface area (Å²) in [5.74, 6) is 1.87. The van der Waals surface area contributed by atoms with Crippen molar-refractivity contribution < 1.29 is 0 Å². The van der Waals surface area contributed by atoms with E-state index in [1.807, 2.05) is 0 Å². The largest absolute Gasteiger partial charge is 0.0625 e. The molecular weight excluding hydrogens is 84.1 g/mol. The van der Waals surface area contributed by atoms with Crippen molar-refractivity contribution in [3.05, 3.63) is 6.42 Å². The second kappa shape index (κ2) is 1.85. The van der Waals surface area contributed by atoms with Crippen molar-refractivity contribution in [1.29, 1.82) is 0 Å². The van der Waals surface area contributed by atoms with Gasteiger partial charge in [0.1, 0.15) is 0 Å². The molecule has 2 atom stereocenters. The third kappa shape index (κ3) is 1.19. The van der Waals surface area contributed by atoms with Gasteiger partial charge in [-0.25, -0.2) is 0 Å². The minimum Gasteiger partial charge on any atom is -0.0625 e. The minimum absolute atomic E-state index is 0.898. The summed E-state index contributed by atoms with van der Waals surface area (Å²) >= 11 is 0. The maximum absolute atomic E-state index is 2.42. The lowest BCUT2D eigenvalue weighted by Gasteiger charge is -1.96. The maximum atomic E-state index is 2.42. The molecule has 0 saturated heterocycles. The third-order valence-electron chi connectivity index (χ3n) is 1.71. The van der Waals surface area contributed by atoms with Crippen LogP contribution < -0.4 is 0 Å². The quantitative estimate of drug-likeness (QED) is 0.435. The van der Waals surface area contributed by atoms with Crippen molar-refractivity contribution in [2.45, 2.75) is 26.7 Å². The van der Waals surface area contributed by atoms with Gasteiger partial charge in [-0.2, -0.15) is 0 Å². The van der Waals surface area contributed by atoms with Crippen LogP contribution in [0.2, 0.25) is 0 Å². The highest BCUT2D eigenvalue weighted by atomic mass is 14.2. The molecule has 0 nitrogen and oxygen atoms in total. The van der Waals surface area contributed by atoms with E-state index in [9.17, 15) is 0 Å². The molecule has 1 aliphatic carbocycles. The topological polar surface area (TPSA) is 0 Å². The van der Waals surface area contributed by atoms with E-state index in [1.54, 1.807) is 0 Å². The van der Waals surface area contributed by atoms with Gasteiger partial charge in [-0.3, -0.25) is 0 Å². The Balaban J connectivity index is 2.26. The second-order valence-corrected chi connectivity index (χ2v) is 2.79. The molecule has 7 heavy (non-hydrogen) atoms. The van der Waals surface area contributed by atoms with E-state index in [-0.39, 0.29) is 0 Å². The standard InChI is InChI=1S/C7H13/c1-6-3-4-7(2)5-6/h3,6-7H,4-5H2,1-2H3/t6-,7+/m0/s1. The lowest BCUT2D eigenvalue weighted by Crippen LogP contribution is -1.84. The van der Waals surface area contributed by atoms with Gasteiger partial charge in [0.05, 0.1) is 0 Å². The monoisotopic (exact) mass is 97.1 g/mol. The summed E-state index contributed by atoms with van der Waals surface area (Å²) in [4.78, 5) is 0. The highest BCUT2D eigenvalue weighted by Gasteiger charge is 2.16. The van der Waals surface area contributed by atoms with Crippen molar-refractivity contribution in [3.8, 4) is 0 Å². The Hall–Kier alpha value is 0. The van der Waals surface area contributed by atoms with Crippen molar-refractivity contribution in [3.63, 3.8) is 0 Å². The van der Waals surface area contributed by atoms with Crippen molar-refractivity contribution in [2.24, 2.45) is 11.8 Å². The first-order chi connectivity index (χ1) is 3.29. The summed E-state index contributed by atoms with van der Waals surface area (Å²) in [6.07, 6.45) is 5.19. The normalized spacial score (nSPS) is 42.0. The van der Waals surface area contributed by atoms with Crippen LogP contribution in [0.3, 0.4) is 0 Å². The van der Waals surface area contributed by atoms with Gasteiger partial charge in [-0.1, -0.05) is 13.8 Å². The number of rotatable bonds is 0. The zero-order chi connectivity index (χ0) is 5.28. The molecule has 0 aromatic rings. The Morgan fingerprint density at radius 2 is 2.14 bits per heavy atom. The predicted molar refractivity (Wildman–Crippen MR) is 31.9 cm³/mol. The van der Waals surface area contributed by atoms with E-state index in [4.69, 9.17) is 0 Å². The van der Waals surface area contributed by atoms with E-state index in [1.165, 1.54) is 12.8 Å². The lowest BCUT2D eigenvalue weighted by molar-refractivity contribution is 0.563. The molecule has 1 fully saturated rings. The van der Waals surface area contributed by atoms with Gasteiger partial charge in [0.15, 0.2) is 0 Å². The van der Waals surface area contributed by atoms with E-state index >= 15 is 0 Å². The highest BCUT2D eigenvalue weighted by Crippen LogP contribution is 2.28. The second-order valence-electron chi connectivity index (χ2n) is 2.79. The Morgan fingerprint density at radius 1 is 1.43 bits per heavy atom. The predicted octanol–water partition coefficient (Wildman–Crippen LogP) is 2.26. The molecule has 0 aromatic carbocycles. The molecule has 0 aliphatic heterocycles. The minimum atomic E-state index is 0.898. The first kappa shape index (κ1) is 5.14. The number of hydrogen-bond acceptors (Lipinski definition) is 0. The Kier molecular flexibility index (Phi) is 1.36. The van der Waals surface area contributed by atoms with Gasteiger partial charge < -0.3 is 0 Å². The van der Waals surface area contributed by atoms with E-state index in [0.29, 0.717) is 0 Å². The molecule has 0 amide bonds. The molecule has 0 N–H and O–H groups in total. The maximum Gasteiger partial charge on any atom is -0.0355 e. The van der Waals surface area contributed by atoms with E-state index < -0.39 is 0 Å². The van der Waals surface area contributed by atoms with Crippen LogP contribution in [0, 0.1) is 18.3 Å². The molecule has 0 unspecified atom stereocenters. The summed E-state index contributed by atoms with van der Waals surface area (Å²) < 4.78 is 0. The molecule has 0 bridgehead atoms. The van der Waals surface area contributed by atoms with Crippen molar-refractivity contribution in [2.75, 3.05) is 0 Å². The SMILES string of the molecule is C[C@@H]1C[CH][C@H](C)C1. The molecule has 1 saturated carbocycles. The summed E-state index contributed by atoms with van der Waals surface area (Å²) in [7, 11) is 0. The molecular formula is C7H13. The average molecular weight is 97.2 g/mol. The molecule has 41 valence electrons. The smallest absolute Gasteiger partial charge is 0.0355 e. The first-order valence-corrected chi connectivity index (χ1v) is 3.12. The van der Waals surface area contributed by atoms with Crippen LogP contribution in [0.15, 0.2) is 0 Å². The lowest BCUT2D eigenvalue weighted by atomic mass is 10.1. The summed E-state index contributed by atoms with van der Waals surface area (Å²) in [6, 6.07) is 0. The first-order valence-electron chi connectivity index (χ1n) is 3.12. The van der Waals surface area contributed by atoms with E-state index in [0.717, 1.165) is 11.8 Å². The van der Waals surface area contributed by atoms with Crippen LogP contribution in [0.4, 0.5) is 0 Å². The Labute approximate surface area is 45.9 Å². The summed E-state index contributed by atoms with van der Waals surface area (Å²) in [5.41, 5.74) is 0. The molecule has 0 aromatic heterocycles. The third-order valence-corrected chi connectivity index (χ3v) is 1.71. The zero-order valence-electron chi connectivity index (χ0n) is 5.15. The van der Waals surface area contributed by atoms with Crippen LogP contribution in [-0.2, 0) is 0 Å². The van der Waals surface area contributed by atoms with Gasteiger partial charge in [0.25, 0.3) is 0 Å². The van der Waals surface area contributed by atoms with Gasteiger partial charge in [-0.05, 0) is 31.1 Å².